The first kappa shape index (κ1) is 10.8. The van der Waals surface area contributed by atoms with Crippen LogP contribution in [0.5, 0.6) is 0 Å². The number of fused-ring (bicyclic) bond motifs is 1. The van der Waals surface area contributed by atoms with E-state index in [0.717, 1.165) is 16.7 Å². The summed E-state index contributed by atoms with van der Waals surface area (Å²) in [5, 5.41) is 0. The molecule has 2 nitrogen and oxygen atoms in total. The van der Waals surface area contributed by atoms with Gasteiger partial charge in [0.25, 0.3) is 0 Å². The Kier molecular flexibility index (Phi) is 2.49. The topological polar surface area (TPSA) is 26.3 Å². The third-order valence-corrected chi connectivity index (χ3v) is 2.96. The average Bonchev–Trinajstić information content (AvgIpc) is 2.67. The van der Waals surface area contributed by atoms with Crippen molar-refractivity contribution in [1.29, 1.82) is 0 Å². The molecule has 1 heterocycles. The van der Waals surface area contributed by atoms with Crippen molar-refractivity contribution >= 4 is 17.8 Å². The Hall–Kier alpha value is -2.35. The first-order valence-corrected chi connectivity index (χ1v) is 5.84. The SMILES string of the molecule is Cc1ccc2c(c1)C(=O)OC2=Cc1ccccc1. The van der Waals surface area contributed by atoms with Crippen molar-refractivity contribution in [2.45, 2.75) is 6.92 Å². The van der Waals surface area contributed by atoms with Crippen LogP contribution in [-0.2, 0) is 4.74 Å². The van der Waals surface area contributed by atoms with Crippen LogP contribution in [0.25, 0.3) is 11.8 Å². The number of cyclic esters (lactones) is 1. The number of hydrogen-bond acceptors (Lipinski definition) is 2. The molecule has 2 aromatic carbocycles. The quantitative estimate of drug-likeness (QED) is 0.706. The molecule has 3 rings (SSSR count). The number of aryl methyl sites for hydroxylation is 1. The second kappa shape index (κ2) is 4.15. The molecule has 88 valence electrons. The predicted molar refractivity (Wildman–Crippen MR) is 70.9 cm³/mol. The molecular weight excluding hydrogens is 224 g/mol. The number of benzene rings is 2. The maximum absolute atomic E-state index is 11.8. The highest BCUT2D eigenvalue weighted by molar-refractivity contribution is 6.05. The van der Waals surface area contributed by atoms with Crippen LogP contribution in [0.15, 0.2) is 48.5 Å². The van der Waals surface area contributed by atoms with Crippen LogP contribution in [-0.4, -0.2) is 5.97 Å². The molecule has 18 heavy (non-hydrogen) atoms. The Morgan fingerprint density at radius 1 is 1.00 bits per heavy atom. The summed E-state index contributed by atoms with van der Waals surface area (Å²) in [6.07, 6.45) is 1.89. The van der Waals surface area contributed by atoms with Crippen LogP contribution in [0.3, 0.4) is 0 Å². The fourth-order valence-electron chi connectivity index (χ4n) is 2.06. The lowest BCUT2D eigenvalue weighted by molar-refractivity contribution is 0.0717. The van der Waals surface area contributed by atoms with Gasteiger partial charge >= 0.3 is 5.97 Å². The van der Waals surface area contributed by atoms with E-state index in [1.807, 2.05) is 61.5 Å². The summed E-state index contributed by atoms with van der Waals surface area (Å²) in [4.78, 5) is 11.8. The number of carbonyl (C=O) groups is 1. The van der Waals surface area contributed by atoms with E-state index in [9.17, 15) is 4.79 Å². The molecule has 0 atom stereocenters. The highest BCUT2D eigenvalue weighted by Gasteiger charge is 2.25. The molecular formula is C16H12O2. The van der Waals surface area contributed by atoms with E-state index >= 15 is 0 Å². The Morgan fingerprint density at radius 3 is 2.56 bits per heavy atom. The van der Waals surface area contributed by atoms with Crippen LogP contribution < -0.4 is 0 Å². The first-order valence-electron chi connectivity index (χ1n) is 5.84. The van der Waals surface area contributed by atoms with Crippen LogP contribution in [0.1, 0.15) is 27.0 Å². The van der Waals surface area contributed by atoms with Crippen molar-refractivity contribution in [3.63, 3.8) is 0 Å². The molecule has 0 unspecified atom stereocenters. The zero-order valence-corrected chi connectivity index (χ0v) is 10.0. The number of hydrogen-bond donors (Lipinski definition) is 0. The molecule has 0 N–H and O–H groups in total. The minimum absolute atomic E-state index is 0.268. The van der Waals surface area contributed by atoms with Crippen LogP contribution >= 0.6 is 0 Å². The van der Waals surface area contributed by atoms with E-state index in [4.69, 9.17) is 4.74 Å². The maximum Gasteiger partial charge on any atom is 0.344 e. The van der Waals surface area contributed by atoms with Gasteiger partial charge in [-0.25, -0.2) is 4.79 Å². The average molecular weight is 236 g/mol. The van der Waals surface area contributed by atoms with E-state index in [0.29, 0.717) is 11.3 Å². The summed E-state index contributed by atoms with van der Waals surface area (Å²) >= 11 is 0. The molecule has 0 bridgehead atoms. The van der Waals surface area contributed by atoms with Gasteiger partial charge in [0.1, 0.15) is 5.76 Å². The van der Waals surface area contributed by atoms with Gasteiger partial charge in [-0.1, -0.05) is 48.0 Å². The van der Waals surface area contributed by atoms with E-state index in [2.05, 4.69) is 0 Å². The van der Waals surface area contributed by atoms with Gasteiger partial charge in [-0.3, -0.25) is 0 Å². The second-order valence-corrected chi connectivity index (χ2v) is 4.36. The summed E-state index contributed by atoms with van der Waals surface area (Å²) in [5.41, 5.74) is 3.60. The van der Waals surface area contributed by atoms with Crippen molar-refractivity contribution in [1.82, 2.24) is 0 Å². The highest BCUT2D eigenvalue weighted by Crippen LogP contribution is 2.31. The first-order chi connectivity index (χ1) is 8.74. The maximum atomic E-state index is 11.8. The van der Waals surface area contributed by atoms with Crippen molar-refractivity contribution in [3.8, 4) is 0 Å². The van der Waals surface area contributed by atoms with Gasteiger partial charge < -0.3 is 4.74 Å². The second-order valence-electron chi connectivity index (χ2n) is 4.36. The fraction of sp³-hybridized carbons (Fsp3) is 0.0625. The van der Waals surface area contributed by atoms with Crippen molar-refractivity contribution < 1.29 is 9.53 Å². The number of carbonyl (C=O) groups excluding carboxylic acids is 1. The van der Waals surface area contributed by atoms with E-state index in [-0.39, 0.29) is 5.97 Å². The third-order valence-electron chi connectivity index (χ3n) is 2.96. The highest BCUT2D eigenvalue weighted by atomic mass is 16.5. The van der Waals surface area contributed by atoms with Crippen LogP contribution in [0.4, 0.5) is 0 Å². The summed E-state index contributed by atoms with van der Waals surface area (Å²) < 4.78 is 5.31. The molecule has 0 spiro atoms. The van der Waals surface area contributed by atoms with Gasteiger partial charge in [0.15, 0.2) is 0 Å². The number of esters is 1. The molecule has 1 aliphatic heterocycles. The Bertz CT molecular complexity index is 639. The fourth-order valence-corrected chi connectivity index (χ4v) is 2.06. The monoisotopic (exact) mass is 236 g/mol. The minimum Gasteiger partial charge on any atom is -0.422 e. The summed E-state index contributed by atoms with van der Waals surface area (Å²) in [5.74, 6) is 0.358. The summed E-state index contributed by atoms with van der Waals surface area (Å²) in [7, 11) is 0. The largest absolute Gasteiger partial charge is 0.422 e. The van der Waals surface area contributed by atoms with Gasteiger partial charge in [0.2, 0.25) is 0 Å². The molecule has 0 radical (unpaired) electrons. The zero-order chi connectivity index (χ0) is 12.5. The molecule has 0 aromatic heterocycles. The van der Waals surface area contributed by atoms with Gasteiger partial charge in [-0.05, 0) is 24.6 Å². The summed E-state index contributed by atoms with van der Waals surface area (Å²) in [6, 6.07) is 15.6. The molecule has 2 aromatic rings. The lowest BCUT2D eigenvalue weighted by Crippen LogP contribution is -1.93. The minimum atomic E-state index is -0.268. The third kappa shape index (κ3) is 1.82. The molecule has 0 saturated heterocycles. The van der Waals surface area contributed by atoms with Gasteiger partial charge in [-0.2, -0.15) is 0 Å². The van der Waals surface area contributed by atoms with Crippen molar-refractivity contribution in [3.05, 3.63) is 70.8 Å². The molecule has 0 aliphatic carbocycles. The standard InChI is InChI=1S/C16H12O2/c1-11-7-8-13-14(9-11)16(17)18-15(13)10-12-5-3-2-4-6-12/h2-10H,1H3. The van der Waals surface area contributed by atoms with E-state index in [1.165, 1.54) is 0 Å². The van der Waals surface area contributed by atoms with Crippen LogP contribution in [0.2, 0.25) is 0 Å². The molecule has 0 fully saturated rings. The van der Waals surface area contributed by atoms with E-state index in [1.54, 1.807) is 0 Å². The van der Waals surface area contributed by atoms with Gasteiger partial charge in [-0.15, -0.1) is 0 Å². The Labute approximate surface area is 106 Å². The predicted octanol–water partition coefficient (Wildman–Crippen LogP) is 3.66. The Morgan fingerprint density at radius 2 is 1.78 bits per heavy atom. The molecule has 0 amide bonds. The lowest BCUT2D eigenvalue weighted by atomic mass is 10.0. The number of ether oxygens (including phenoxy) is 1. The molecule has 1 aliphatic rings. The summed E-state index contributed by atoms with van der Waals surface area (Å²) in [6.45, 7) is 1.96. The molecule has 2 heteroatoms. The van der Waals surface area contributed by atoms with Crippen LogP contribution in [0, 0.1) is 6.92 Å². The molecule has 0 saturated carbocycles. The number of rotatable bonds is 1. The zero-order valence-electron chi connectivity index (χ0n) is 10.0. The Balaban J connectivity index is 2.08. The van der Waals surface area contributed by atoms with Gasteiger partial charge in [0.05, 0.1) is 5.56 Å². The van der Waals surface area contributed by atoms with Crippen molar-refractivity contribution in [2.24, 2.45) is 0 Å². The lowest BCUT2D eigenvalue weighted by Gasteiger charge is -1.99. The van der Waals surface area contributed by atoms with Crippen molar-refractivity contribution in [2.75, 3.05) is 0 Å². The normalized spacial score (nSPS) is 15.6. The van der Waals surface area contributed by atoms with Gasteiger partial charge in [0, 0.05) is 5.56 Å². The van der Waals surface area contributed by atoms with E-state index < -0.39 is 0 Å². The smallest absolute Gasteiger partial charge is 0.344 e.